The molecule has 0 bridgehead atoms. The molecule has 0 spiro atoms. The van der Waals surface area contributed by atoms with Crippen LogP contribution in [0.25, 0.3) is 118 Å². The van der Waals surface area contributed by atoms with Crippen LogP contribution >= 0.6 is 22.7 Å². The molecule has 0 aliphatic heterocycles. The molecule has 2 nitrogen and oxygen atoms in total. The topological polar surface area (TPSA) is 25.8 Å². The molecule has 0 saturated carbocycles. The van der Waals surface area contributed by atoms with Crippen LogP contribution in [0.2, 0.25) is 0 Å². The number of benzene rings is 9. The fourth-order valence-corrected chi connectivity index (χ4v) is 12.2. The van der Waals surface area contributed by atoms with Crippen molar-refractivity contribution in [1.29, 1.82) is 0 Å². The van der Waals surface area contributed by atoms with E-state index in [2.05, 4.69) is 208 Å². The van der Waals surface area contributed by atoms with Crippen molar-refractivity contribution in [1.82, 2.24) is 9.97 Å². The van der Waals surface area contributed by atoms with Gasteiger partial charge in [-0.2, -0.15) is 0 Å². The number of hydrogen-bond donors (Lipinski definition) is 0. The third kappa shape index (κ3) is 5.83. The molecule has 0 radical (unpaired) electrons. The minimum Gasteiger partial charge on any atom is -0.228 e. The molecule has 296 valence electrons. The summed E-state index contributed by atoms with van der Waals surface area (Å²) in [6.45, 7) is 4.72. The van der Waals surface area contributed by atoms with Gasteiger partial charge in [0.25, 0.3) is 0 Å². The largest absolute Gasteiger partial charge is 0.228 e. The molecule has 4 heteroatoms. The highest BCUT2D eigenvalue weighted by Crippen LogP contribution is 2.53. The summed E-state index contributed by atoms with van der Waals surface area (Å²) in [6, 6.07) is 71.4. The van der Waals surface area contributed by atoms with Crippen molar-refractivity contribution in [3.05, 3.63) is 205 Å². The Morgan fingerprint density at radius 3 is 1.57 bits per heavy atom. The van der Waals surface area contributed by atoms with E-state index in [1.807, 2.05) is 22.7 Å². The van der Waals surface area contributed by atoms with Gasteiger partial charge in [0.2, 0.25) is 0 Å². The number of nitrogens with zero attached hydrogens (tertiary/aromatic N) is 2. The molecule has 0 atom stereocenters. The van der Waals surface area contributed by atoms with Crippen molar-refractivity contribution in [2.75, 3.05) is 0 Å². The molecule has 0 amide bonds. The van der Waals surface area contributed by atoms with E-state index >= 15 is 0 Å². The molecule has 0 fully saturated rings. The minimum atomic E-state index is -0.171. The van der Waals surface area contributed by atoms with Crippen LogP contribution < -0.4 is 0 Å². The quantitative estimate of drug-likeness (QED) is 0.173. The molecule has 63 heavy (non-hydrogen) atoms. The number of hydrogen-bond acceptors (Lipinski definition) is 4. The average molecular weight is 839 g/mol. The first-order chi connectivity index (χ1) is 30.9. The SMILES string of the molecule is CC1(C)c2cc3ccccc3cc2-c2c(-c3cc(-c4cc(-c5ccc6sc7ccccc7c6c5)cc(-c5ccc6sc7ccccc7c6c5)c4)nc(-c4ccccc4)n3)cccc21. The summed E-state index contributed by atoms with van der Waals surface area (Å²) in [4.78, 5) is 10.9. The van der Waals surface area contributed by atoms with Crippen molar-refractivity contribution in [3.8, 4) is 67.3 Å². The third-order valence-corrected chi connectivity index (χ3v) is 15.6. The van der Waals surface area contributed by atoms with Gasteiger partial charge in [0.1, 0.15) is 0 Å². The van der Waals surface area contributed by atoms with Crippen molar-refractivity contribution in [2.45, 2.75) is 19.3 Å². The molecule has 1 aliphatic carbocycles. The Morgan fingerprint density at radius 2 is 0.905 bits per heavy atom. The fourth-order valence-electron chi connectivity index (χ4n) is 10.1. The van der Waals surface area contributed by atoms with Gasteiger partial charge in [-0.1, -0.05) is 135 Å². The first-order valence-electron chi connectivity index (χ1n) is 21.5. The Hall–Kier alpha value is -7.24. The van der Waals surface area contributed by atoms with Crippen molar-refractivity contribution < 1.29 is 0 Å². The van der Waals surface area contributed by atoms with Gasteiger partial charge >= 0.3 is 0 Å². The Kier molecular flexibility index (Phi) is 8.03. The highest BCUT2D eigenvalue weighted by molar-refractivity contribution is 7.26. The predicted octanol–water partition coefficient (Wildman–Crippen LogP) is 17.0. The third-order valence-electron chi connectivity index (χ3n) is 13.2. The van der Waals surface area contributed by atoms with Crippen LogP contribution in [0.5, 0.6) is 0 Å². The maximum absolute atomic E-state index is 5.43. The molecule has 13 rings (SSSR count). The summed E-state index contributed by atoms with van der Waals surface area (Å²) >= 11 is 3.71. The lowest BCUT2D eigenvalue weighted by Gasteiger charge is -2.22. The number of aromatic nitrogens is 2. The second-order valence-corrected chi connectivity index (χ2v) is 19.5. The lowest BCUT2D eigenvalue weighted by molar-refractivity contribution is 0.661. The van der Waals surface area contributed by atoms with Gasteiger partial charge in [0.05, 0.1) is 11.4 Å². The summed E-state index contributed by atoms with van der Waals surface area (Å²) in [5.74, 6) is 0.709. The monoisotopic (exact) mass is 838 g/mol. The summed E-state index contributed by atoms with van der Waals surface area (Å²) in [5.41, 5.74) is 14.7. The van der Waals surface area contributed by atoms with Crippen LogP contribution in [0.1, 0.15) is 25.0 Å². The first kappa shape index (κ1) is 36.4. The fraction of sp³-hybridized carbons (Fsp3) is 0.0508. The second kappa shape index (κ2) is 13.9. The van der Waals surface area contributed by atoms with E-state index in [-0.39, 0.29) is 5.41 Å². The normalized spacial score (nSPS) is 13.0. The van der Waals surface area contributed by atoms with Crippen LogP contribution in [0.3, 0.4) is 0 Å². The van der Waals surface area contributed by atoms with Crippen LogP contribution in [-0.2, 0) is 5.41 Å². The number of rotatable bonds is 5. The molecule has 12 aromatic rings. The molecule has 0 saturated heterocycles. The van der Waals surface area contributed by atoms with E-state index in [9.17, 15) is 0 Å². The Balaban J connectivity index is 1.06. The smallest absolute Gasteiger partial charge is 0.160 e. The van der Waals surface area contributed by atoms with Gasteiger partial charge in [-0.3, -0.25) is 0 Å². The first-order valence-corrected chi connectivity index (χ1v) is 23.2. The number of fused-ring (bicyclic) bond motifs is 10. The average Bonchev–Trinajstić information content (AvgIpc) is 3.97. The molecular weight excluding hydrogens is 801 g/mol. The second-order valence-electron chi connectivity index (χ2n) is 17.3. The van der Waals surface area contributed by atoms with Crippen LogP contribution in [0.15, 0.2) is 194 Å². The summed E-state index contributed by atoms with van der Waals surface area (Å²) in [7, 11) is 0. The predicted molar refractivity (Wildman–Crippen MR) is 270 cm³/mol. The molecule has 0 N–H and O–H groups in total. The van der Waals surface area contributed by atoms with Gasteiger partial charge in [0.15, 0.2) is 5.82 Å². The zero-order chi connectivity index (χ0) is 41.8. The van der Waals surface area contributed by atoms with Crippen molar-refractivity contribution in [2.24, 2.45) is 0 Å². The molecule has 1 aliphatic rings. The molecule has 3 aromatic heterocycles. The van der Waals surface area contributed by atoms with Crippen molar-refractivity contribution >= 4 is 73.8 Å². The lowest BCUT2D eigenvalue weighted by Crippen LogP contribution is -2.14. The Bertz CT molecular complexity index is 3700. The standard InChI is InChI=1S/C59H38N2S2/c1-59(2)49-20-12-19-45(57(49)48-32-36-15-6-7-16-37(36)33-50(48)59)52-34-51(60-58(61-52)35-13-4-3-5-14-35)42-28-40(38-23-25-55-46(30-38)43-17-8-10-21-53(43)62-55)27-41(29-42)39-24-26-56-47(31-39)44-18-9-11-22-54(44)63-56/h3-34H,1-2H3. The molecular formula is C59H38N2S2. The van der Waals surface area contributed by atoms with E-state index in [0.717, 1.165) is 39.2 Å². The van der Waals surface area contributed by atoms with E-state index in [0.29, 0.717) is 5.82 Å². The van der Waals surface area contributed by atoms with Crippen LogP contribution in [0.4, 0.5) is 0 Å². The van der Waals surface area contributed by atoms with Gasteiger partial charge < -0.3 is 0 Å². The van der Waals surface area contributed by atoms with Gasteiger partial charge in [-0.25, -0.2) is 9.97 Å². The molecule has 0 unspecified atom stereocenters. The zero-order valence-electron chi connectivity index (χ0n) is 34.7. The molecule has 9 aromatic carbocycles. The van der Waals surface area contributed by atoms with Crippen LogP contribution in [0, 0.1) is 0 Å². The lowest BCUT2D eigenvalue weighted by atomic mass is 9.81. The van der Waals surface area contributed by atoms with Crippen LogP contribution in [-0.4, -0.2) is 9.97 Å². The number of thiophene rings is 2. The van der Waals surface area contributed by atoms with Gasteiger partial charge in [-0.15, -0.1) is 22.7 Å². The Labute approximate surface area is 373 Å². The van der Waals surface area contributed by atoms with E-state index in [4.69, 9.17) is 9.97 Å². The zero-order valence-corrected chi connectivity index (χ0v) is 36.3. The maximum Gasteiger partial charge on any atom is 0.160 e. The van der Waals surface area contributed by atoms with Gasteiger partial charge in [-0.05, 0) is 128 Å². The summed E-state index contributed by atoms with van der Waals surface area (Å²) in [6.07, 6.45) is 0. The Morgan fingerprint density at radius 1 is 0.349 bits per heavy atom. The van der Waals surface area contributed by atoms with Gasteiger partial charge in [0, 0.05) is 62.4 Å². The van der Waals surface area contributed by atoms with E-state index in [1.165, 1.54) is 84.5 Å². The highest BCUT2D eigenvalue weighted by atomic mass is 32.1. The molecule has 3 heterocycles. The highest BCUT2D eigenvalue weighted by Gasteiger charge is 2.37. The summed E-state index contributed by atoms with van der Waals surface area (Å²) in [5, 5.41) is 7.68. The van der Waals surface area contributed by atoms with E-state index in [1.54, 1.807) is 0 Å². The minimum absolute atomic E-state index is 0.171. The van der Waals surface area contributed by atoms with Crippen molar-refractivity contribution in [3.63, 3.8) is 0 Å². The maximum atomic E-state index is 5.43. The van der Waals surface area contributed by atoms with E-state index < -0.39 is 0 Å². The summed E-state index contributed by atoms with van der Waals surface area (Å²) < 4.78 is 5.22.